The molecule has 37 heavy (non-hydrogen) atoms. The highest BCUT2D eigenvalue weighted by atomic mass is 16.2. The molecule has 7 nitrogen and oxygen atoms in total. The van der Waals surface area contributed by atoms with Gasteiger partial charge in [0.25, 0.3) is 5.91 Å². The van der Waals surface area contributed by atoms with E-state index in [0.717, 1.165) is 81.1 Å². The highest BCUT2D eigenvalue weighted by Gasteiger charge is 2.20. The molecule has 1 amide bonds. The van der Waals surface area contributed by atoms with Crippen molar-refractivity contribution in [2.24, 2.45) is 0 Å². The number of aryl methyl sites for hydroxylation is 2. The summed E-state index contributed by atoms with van der Waals surface area (Å²) in [4.78, 5) is 27.8. The van der Waals surface area contributed by atoms with Gasteiger partial charge in [0.2, 0.25) is 5.95 Å². The standard InChI is InChI=1S/C30H44N6O/c1-4-6-21-35(22-7-5-2)29(37)27-17-16-26-28(32-27)36(23-11-20-34-18-9-8-10-19-34)30(33-26)31-25-14-12-24(3)13-15-25/h12-17H,4-11,18-23H2,1-3H3,(H,31,33). The molecule has 4 rings (SSSR count). The van der Waals surface area contributed by atoms with Gasteiger partial charge in [-0.25, -0.2) is 9.97 Å². The first-order valence-corrected chi connectivity index (χ1v) is 14.3. The Hall–Kier alpha value is -2.93. The number of anilines is 2. The largest absolute Gasteiger partial charge is 0.337 e. The molecule has 3 heterocycles. The zero-order valence-electron chi connectivity index (χ0n) is 23.0. The molecule has 7 heteroatoms. The maximum atomic E-state index is 13.5. The van der Waals surface area contributed by atoms with Crippen LogP contribution in [0.4, 0.5) is 11.6 Å². The lowest BCUT2D eigenvalue weighted by molar-refractivity contribution is 0.0745. The molecule has 0 spiro atoms. The molecule has 0 radical (unpaired) electrons. The van der Waals surface area contributed by atoms with Crippen LogP contribution in [0.2, 0.25) is 0 Å². The van der Waals surface area contributed by atoms with Gasteiger partial charge >= 0.3 is 0 Å². The van der Waals surface area contributed by atoms with Crippen molar-refractivity contribution in [2.75, 3.05) is 38.0 Å². The number of aromatic nitrogens is 3. The van der Waals surface area contributed by atoms with Crippen LogP contribution in [-0.2, 0) is 6.54 Å². The van der Waals surface area contributed by atoms with E-state index in [1.54, 1.807) is 0 Å². The molecule has 2 aromatic heterocycles. The van der Waals surface area contributed by atoms with Crippen LogP contribution >= 0.6 is 0 Å². The summed E-state index contributed by atoms with van der Waals surface area (Å²) in [6, 6.07) is 12.2. The zero-order valence-corrected chi connectivity index (χ0v) is 23.0. The number of unbranched alkanes of at least 4 members (excludes halogenated alkanes) is 2. The first-order chi connectivity index (χ1) is 18.1. The van der Waals surface area contributed by atoms with Crippen molar-refractivity contribution >= 4 is 28.7 Å². The number of pyridine rings is 1. The second-order valence-electron chi connectivity index (χ2n) is 10.4. The number of nitrogens with one attached hydrogen (secondary N) is 1. The lowest BCUT2D eigenvalue weighted by Gasteiger charge is -2.26. The summed E-state index contributed by atoms with van der Waals surface area (Å²) in [6.45, 7) is 12.3. The van der Waals surface area contributed by atoms with E-state index < -0.39 is 0 Å². The molecule has 1 aliphatic heterocycles. The smallest absolute Gasteiger partial charge is 0.272 e. The average Bonchev–Trinajstić information content (AvgIpc) is 3.26. The number of nitrogens with zero attached hydrogens (tertiary/aromatic N) is 5. The molecule has 0 saturated carbocycles. The lowest BCUT2D eigenvalue weighted by atomic mass is 10.1. The van der Waals surface area contributed by atoms with E-state index in [0.29, 0.717) is 5.69 Å². The average molecular weight is 505 g/mol. The monoisotopic (exact) mass is 504 g/mol. The SMILES string of the molecule is CCCCN(CCCC)C(=O)c1ccc2nc(Nc3ccc(C)cc3)n(CCCN3CCCCC3)c2n1. The Morgan fingerprint density at radius 2 is 1.59 bits per heavy atom. The van der Waals surface area contributed by atoms with Gasteiger partial charge < -0.3 is 15.1 Å². The molecule has 1 aromatic carbocycles. The zero-order chi connectivity index (χ0) is 26.0. The van der Waals surface area contributed by atoms with Crippen LogP contribution in [0.3, 0.4) is 0 Å². The molecule has 1 N–H and O–H groups in total. The Labute approximate surface area is 222 Å². The fourth-order valence-corrected chi connectivity index (χ4v) is 5.00. The summed E-state index contributed by atoms with van der Waals surface area (Å²) in [5.74, 6) is 0.807. The van der Waals surface area contributed by atoms with Gasteiger partial charge in [-0.1, -0.05) is 50.8 Å². The molecule has 1 saturated heterocycles. The summed E-state index contributed by atoms with van der Waals surface area (Å²) in [6.07, 6.45) is 9.13. The van der Waals surface area contributed by atoms with Gasteiger partial charge in [-0.05, 0) is 82.9 Å². The molecule has 200 valence electrons. The molecule has 0 bridgehead atoms. The van der Waals surface area contributed by atoms with Crippen molar-refractivity contribution in [1.82, 2.24) is 24.3 Å². The van der Waals surface area contributed by atoms with Crippen molar-refractivity contribution < 1.29 is 4.79 Å². The third-order valence-corrected chi connectivity index (χ3v) is 7.27. The van der Waals surface area contributed by atoms with Crippen LogP contribution in [0.25, 0.3) is 11.2 Å². The van der Waals surface area contributed by atoms with Gasteiger partial charge in [-0.15, -0.1) is 0 Å². The van der Waals surface area contributed by atoms with Gasteiger partial charge in [0.05, 0.1) is 0 Å². The Balaban J connectivity index is 1.60. The predicted octanol–water partition coefficient (Wildman–Crippen LogP) is 6.40. The normalized spacial score (nSPS) is 14.2. The summed E-state index contributed by atoms with van der Waals surface area (Å²) < 4.78 is 2.17. The van der Waals surface area contributed by atoms with Crippen LogP contribution in [0, 0.1) is 6.92 Å². The summed E-state index contributed by atoms with van der Waals surface area (Å²) >= 11 is 0. The van der Waals surface area contributed by atoms with Crippen molar-refractivity contribution in [3.63, 3.8) is 0 Å². The lowest BCUT2D eigenvalue weighted by Crippen LogP contribution is -2.33. The fraction of sp³-hybridized carbons (Fsp3) is 0.567. The number of likely N-dealkylation sites (tertiary alicyclic amines) is 1. The number of piperidine rings is 1. The second-order valence-corrected chi connectivity index (χ2v) is 10.4. The van der Waals surface area contributed by atoms with Gasteiger partial charge in [0.1, 0.15) is 11.2 Å². The molecule has 1 fully saturated rings. The highest BCUT2D eigenvalue weighted by Crippen LogP contribution is 2.24. The first kappa shape index (κ1) is 27.1. The van der Waals surface area contributed by atoms with E-state index in [-0.39, 0.29) is 5.91 Å². The van der Waals surface area contributed by atoms with Crippen LogP contribution in [-0.4, -0.2) is 63.0 Å². The van der Waals surface area contributed by atoms with Crippen molar-refractivity contribution in [3.8, 4) is 0 Å². The van der Waals surface area contributed by atoms with Gasteiger partial charge in [-0.3, -0.25) is 9.36 Å². The maximum Gasteiger partial charge on any atom is 0.272 e. The minimum atomic E-state index is 0.0258. The first-order valence-electron chi connectivity index (χ1n) is 14.3. The maximum absolute atomic E-state index is 13.5. The van der Waals surface area contributed by atoms with Crippen LogP contribution in [0.1, 0.15) is 81.3 Å². The number of rotatable bonds is 13. The van der Waals surface area contributed by atoms with E-state index in [4.69, 9.17) is 9.97 Å². The number of benzene rings is 1. The number of carbonyl (C=O) groups is 1. The molecule has 0 aliphatic carbocycles. The number of hydrogen-bond acceptors (Lipinski definition) is 5. The number of amides is 1. The molecule has 3 aromatic rings. The van der Waals surface area contributed by atoms with Crippen LogP contribution < -0.4 is 5.32 Å². The Morgan fingerprint density at radius 1 is 0.892 bits per heavy atom. The van der Waals surface area contributed by atoms with Crippen LogP contribution in [0.5, 0.6) is 0 Å². The van der Waals surface area contributed by atoms with E-state index in [1.165, 1.54) is 37.9 Å². The number of fused-ring (bicyclic) bond motifs is 1. The minimum Gasteiger partial charge on any atom is -0.337 e. The minimum absolute atomic E-state index is 0.0258. The van der Waals surface area contributed by atoms with Crippen molar-refractivity contribution in [1.29, 1.82) is 0 Å². The van der Waals surface area contributed by atoms with E-state index in [2.05, 4.69) is 59.8 Å². The third kappa shape index (κ3) is 7.31. The second kappa shape index (κ2) is 13.6. The molecule has 1 aliphatic rings. The fourth-order valence-electron chi connectivity index (χ4n) is 5.00. The number of imidazole rings is 1. The Kier molecular flexibility index (Phi) is 9.94. The Morgan fingerprint density at radius 3 is 2.27 bits per heavy atom. The van der Waals surface area contributed by atoms with Crippen LogP contribution in [0.15, 0.2) is 36.4 Å². The third-order valence-electron chi connectivity index (χ3n) is 7.27. The van der Waals surface area contributed by atoms with Gasteiger partial charge in [0, 0.05) is 25.3 Å². The van der Waals surface area contributed by atoms with Gasteiger partial charge in [-0.2, -0.15) is 0 Å². The predicted molar refractivity (Wildman–Crippen MR) is 153 cm³/mol. The number of hydrogen-bond donors (Lipinski definition) is 1. The molecular formula is C30H44N6O. The number of carbonyl (C=O) groups excluding carboxylic acids is 1. The molecular weight excluding hydrogens is 460 g/mol. The summed E-state index contributed by atoms with van der Waals surface area (Å²) in [5.41, 5.74) is 4.34. The Bertz CT molecular complexity index is 1120. The molecule has 0 unspecified atom stereocenters. The quantitative estimate of drug-likeness (QED) is 0.292. The van der Waals surface area contributed by atoms with Gasteiger partial charge in [0.15, 0.2) is 5.65 Å². The van der Waals surface area contributed by atoms with E-state index >= 15 is 0 Å². The van der Waals surface area contributed by atoms with Crippen molar-refractivity contribution in [3.05, 3.63) is 47.7 Å². The van der Waals surface area contributed by atoms with E-state index in [1.807, 2.05) is 17.0 Å². The topological polar surface area (TPSA) is 66.3 Å². The summed E-state index contributed by atoms with van der Waals surface area (Å²) in [5, 5.41) is 3.51. The van der Waals surface area contributed by atoms with Crippen molar-refractivity contribution in [2.45, 2.75) is 78.7 Å². The summed E-state index contributed by atoms with van der Waals surface area (Å²) in [7, 11) is 0. The highest BCUT2D eigenvalue weighted by molar-refractivity contribution is 5.94. The molecule has 0 atom stereocenters. The van der Waals surface area contributed by atoms with E-state index in [9.17, 15) is 4.79 Å².